The Kier molecular flexibility index (Phi) is 6.65. The summed E-state index contributed by atoms with van der Waals surface area (Å²) >= 11 is 0. The fourth-order valence-corrected chi connectivity index (χ4v) is 6.83. The Morgan fingerprint density at radius 3 is 2.12 bits per heavy atom. The lowest BCUT2D eigenvalue weighted by molar-refractivity contribution is 0.445. The Morgan fingerprint density at radius 1 is 0.818 bits per heavy atom. The number of benzene rings is 3. The summed E-state index contributed by atoms with van der Waals surface area (Å²) < 4.78 is 56.9. The maximum Gasteiger partial charge on any atom is 0.261 e. The molecule has 0 amide bonds. The Bertz CT molecular complexity index is 1360. The molecule has 9 heteroatoms. The van der Waals surface area contributed by atoms with Crippen molar-refractivity contribution < 1.29 is 16.8 Å². The predicted molar refractivity (Wildman–Crippen MR) is 133 cm³/mol. The number of nitrogens with zero attached hydrogens (tertiary/aromatic N) is 2. The van der Waals surface area contributed by atoms with E-state index < -0.39 is 20.0 Å². The number of sulfonamides is 2. The van der Waals surface area contributed by atoms with Crippen LogP contribution in [-0.2, 0) is 20.0 Å². The second-order valence-electron chi connectivity index (χ2n) is 8.08. The van der Waals surface area contributed by atoms with Gasteiger partial charge < -0.3 is 4.90 Å². The highest BCUT2D eigenvalue weighted by Crippen LogP contribution is 2.34. The van der Waals surface area contributed by atoms with Gasteiger partial charge >= 0.3 is 0 Å². The quantitative estimate of drug-likeness (QED) is 0.513. The van der Waals surface area contributed by atoms with Crippen molar-refractivity contribution >= 4 is 42.2 Å². The molecule has 0 aromatic heterocycles. The van der Waals surface area contributed by atoms with Crippen LogP contribution in [0.2, 0.25) is 0 Å². The minimum absolute atomic E-state index is 0.0744. The number of anilines is 2. The molecular formula is C24H29N3O4S2. The van der Waals surface area contributed by atoms with Crippen molar-refractivity contribution in [2.24, 2.45) is 0 Å². The minimum atomic E-state index is -3.94. The first-order chi connectivity index (χ1) is 15.8. The fraction of sp³-hybridized carbons (Fsp3) is 0.333. The Labute approximate surface area is 196 Å². The van der Waals surface area contributed by atoms with Crippen LogP contribution in [-0.4, -0.2) is 47.3 Å². The van der Waals surface area contributed by atoms with Crippen LogP contribution in [0, 0.1) is 0 Å². The van der Waals surface area contributed by atoms with E-state index in [-0.39, 0.29) is 15.5 Å². The van der Waals surface area contributed by atoms with Crippen LogP contribution in [0.4, 0.5) is 11.4 Å². The molecule has 3 aromatic carbocycles. The molecule has 1 saturated heterocycles. The lowest BCUT2D eigenvalue weighted by Crippen LogP contribution is -2.31. The van der Waals surface area contributed by atoms with Gasteiger partial charge in [-0.2, -0.15) is 4.31 Å². The molecule has 4 rings (SSSR count). The van der Waals surface area contributed by atoms with Crippen molar-refractivity contribution in [1.29, 1.82) is 0 Å². The first-order valence-corrected chi connectivity index (χ1v) is 14.1. The molecule has 0 spiro atoms. The van der Waals surface area contributed by atoms with E-state index in [1.54, 1.807) is 44.2 Å². The molecule has 1 aliphatic rings. The summed E-state index contributed by atoms with van der Waals surface area (Å²) in [5, 5.41) is 1.76. The van der Waals surface area contributed by atoms with Crippen LogP contribution < -0.4 is 9.62 Å². The largest absolute Gasteiger partial charge is 0.370 e. The van der Waals surface area contributed by atoms with Gasteiger partial charge in [-0.15, -0.1) is 0 Å². The van der Waals surface area contributed by atoms with E-state index in [0.717, 1.165) is 36.7 Å². The summed E-state index contributed by atoms with van der Waals surface area (Å²) in [7, 11) is -7.67. The number of fused-ring (bicyclic) bond motifs is 1. The highest BCUT2D eigenvalue weighted by molar-refractivity contribution is 7.92. The topological polar surface area (TPSA) is 86.8 Å². The summed E-state index contributed by atoms with van der Waals surface area (Å²) in [6.45, 7) is 5.83. The van der Waals surface area contributed by atoms with Gasteiger partial charge in [0.05, 0.1) is 21.2 Å². The zero-order chi connectivity index (χ0) is 23.6. The lowest BCUT2D eigenvalue weighted by atomic mass is 10.1. The SMILES string of the molecule is CCN(CC)S(=O)(=O)c1ccc(N2CCCC2)c(NS(=O)(=O)c2ccc3ccccc3c2)c1. The van der Waals surface area contributed by atoms with Gasteiger partial charge in [0.2, 0.25) is 10.0 Å². The molecule has 176 valence electrons. The van der Waals surface area contributed by atoms with Gasteiger partial charge in [-0.3, -0.25) is 4.72 Å². The van der Waals surface area contributed by atoms with E-state index in [4.69, 9.17) is 0 Å². The van der Waals surface area contributed by atoms with Crippen molar-refractivity contribution in [1.82, 2.24) is 4.31 Å². The lowest BCUT2D eigenvalue weighted by Gasteiger charge is -2.24. The summed E-state index contributed by atoms with van der Waals surface area (Å²) in [6, 6.07) is 17.2. The molecule has 33 heavy (non-hydrogen) atoms. The van der Waals surface area contributed by atoms with Gasteiger partial charge in [0.15, 0.2) is 0 Å². The Hall–Kier alpha value is -2.62. The highest BCUT2D eigenvalue weighted by Gasteiger charge is 2.26. The molecule has 0 radical (unpaired) electrons. The van der Waals surface area contributed by atoms with E-state index in [1.807, 2.05) is 24.3 Å². The molecule has 0 bridgehead atoms. The molecule has 1 N–H and O–H groups in total. The standard InChI is InChI=1S/C24H29N3O4S2/c1-3-27(4-2)33(30,31)22-13-14-24(26-15-7-8-16-26)23(18-22)25-32(28,29)21-12-11-19-9-5-6-10-20(19)17-21/h5-6,9-14,17-18,25H,3-4,7-8,15-16H2,1-2H3. The molecular weight excluding hydrogens is 458 g/mol. The highest BCUT2D eigenvalue weighted by atomic mass is 32.2. The van der Waals surface area contributed by atoms with Crippen LogP contribution in [0.15, 0.2) is 70.5 Å². The molecule has 0 atom stereocenters. The van der Waals surface area contributed by atoms with Gasteiger partial charge in [-0.1, -0.05) is 44.2 Å². The van der Waals surface area contributed by atoms with Crippen molar-refractivity contribution in [3.05, 3.63) is 60.7 Å². The van der Waals surface area contributed by atoms with Crippen molar-refractivity contribution in [3.8, 4) is 0 Å². The fourth-order valence-electron chi connectivity index (χ4n) is 4.24. The van der Waals surface area contributed by atoms with Gasteiger partial charge in [-0.05, 0) is 53.9 Å². The number of hydrogen-bond donors (Lipinski definition) is 1. The van der Waals surface area contributed by atoms with E-state index in [9.17, 15) is 16.8 Å². The van der Waals surface area contributed by atoms with Crippen molar-refractivity contribution in [2.45, 2.75) is 36.5 Å². The second-order valence-corrected chi connectivity index (χ2v) is 11.7. The average Bonchev–Trinajstić information content (AvgIpc) is 3.34. The van der Waals surface area contributed by atoms with E-state index >= 15 is 0 Å². The zero-order valence-corrected chi connectivity index (χ0v) is 20.5. The molecule has 0 unspecified atom stereocenters. The maximum absolute atomic E-state index is 13.3. The molecule has 0 aliphatic carbocycles. The van der Waals surface area contributed by atoms with Crippen LogP contribution in [0.3, 0.4) is 0 Å². The zero-order valence-electron chi connectivity index (χ0n) is 18.9. The van der Waals surface area contributed by atoms with Crippen LogP contribution in [0.1, 0.15) is 26.7 Å². The summed E-state index contributed by atoms with van der Waals surface area (Å²) in [5.74, 6) is 0. The third kappa shape index (κ3) is 4.71. The Morgan fingerprint density at radius 2 is 1.45 bits per heavy atom. The molecule has 1 aliphatic heterocycles. The summed E-state index contributed by atoms with van der Waals surface area (Å²) in [4.78, 5) is 2.29. The van der Waals surface area contributed by atoms with Crippen LogP contribution in [0.25, 0.3) is 10.8 Å². The minimum Gasteiger partial charge on any atom is -0.370 e. The second kappa shape index (κ2) is 9.32. The first kappa shape index (κ1) is 23.5. The number of hydrogen-bond acceptors (Lipinski definition) is 5. The summed E-state index contributed by atoms with van der Waals surface area (Å²) in [5.41, 5.74) is 0.966. The summed E-state index contributed by atoms with van der Waals surface area (Å²) in [6.07, 6.45) is 2.02. The van der Waals surface area contributed by atoms with Gasteiger partial charge in [0, 0.05) is 26.2 Å². The van der Waals surface area contributed by atoms with Crippen LogP contribution >= 0.6 is 0 Å². The van der Waals surface area contributed by atoms with Crippen molar-refractivity contribution in [2.75, 3.05) is 35.8 Å². The van der Waals surface area contributed by atoms with E-state index in [1.165, 1.54) is 10.4 Å². The normalized spacial score (nSPS) is 14.8. The third-order valence-electron chi connectivity index (χ3n) is 6.03. The van der Waals surface area contributed by atoms with Crippen LogP contribution in [0.5, 0.6) is 0 Å². The molecule has 0 saturated carbocycles. The van der Waals surface area contributed by atoms with Gasteiger partial charge in [-0.25, -0.2) is 16.8 Å². The van der Waals surface area contributed by atoms with E-state index in [2.05, 4.69) is 9.62 Å². The van der Waals surface area contributed by atoms with Crippen molar-refractivity contribution in [3.63, 3.8) is 0 Å². The van der Waals surface area contributed by atoms with Gasteiger partial charge in [0.1, 0.15) is 0 Å². The molecule has 3 aromatic rings. The third-order valence-corrected chi connectivity index (χ3v) is 9.44. The Balaban J connectivity index is 1.78. The molecule has 1 fully saturated rings. The number of nitrogens with one attached hydrogen (secondary N) is 1. The number of rotatable bonds is 8. The smallest absolute Gasteiger partial charge is 0.261 e. The maximum atomic E-state index is 13.3. The molecule has 1 heterocycles. The first-order valence-electron chi connectivity index (χ1n) is 11.2. The molecule has 7 nitrogen and oxygen atoms in total. The predicted octanol–water partition coefficient (Wildman–Crippen LogP) is 4.27. The monoisotopic (exact) mass is 487 g/mol. The van der Waals surface area contributed by atoms with Gasteiger partial charge in [0.25, 0.3) is 10.0 Å². The van der Waals surface area contributed by atoms with E-state index in [0.29, 0.717) is 18.8 Å². The average molecular weight is 488 g/mol.